The minimum absolute atomic E-state index is 0.0380. The number of rotatable bonds is 8. The van der Waals surface area contributed by atoms with E-state index in [4.69, 9.17) is 4.74 Å². The maximum Gasteiger partial charge on any atom is 0.253 e. The molecule has 0 N–H and O–H groups in total. The molecule has 7 heteroatoms. The highest BCUT2D eigenvalue weighted by Crippen LogP contribution is 2.13. The van der Waals surface area contributed by atoms with E-state index in [2.05, 4.69) is 22.0 Å². The van der Waals surface area contributed by atoms with Gasteiger partial charge in [0.25, 0.3) is 5.91 Å². The van der Waals surface area contributed by atoms with Crippen molar-refractivity contribution in [2.45, 2.75) is 25.9 Å². The Morgan fingerprint density at radius 3 is 2.28 bits per heavy atom. The van der Waals surface area contributed by atoms with Gasteiger partial charge in [0.2, 0.25) is 5.91 Å². The van der Waals surface area contributed by atoms with E-state index >= 15 is 0 Å². The summed E-state index contributed by atoms with van der Waals surface area (Å²) in [6, 6.07) is 11.8. The van der Waals surface area contributed by atoms with E-state index < -0.39 is 0 Å². The summed E-state index contributed by atoms with van der Waals surface area (Å²) in [6.07, 6.45) is 7.09. The average molecular weight is 437 g/mol. The van der Waals surface area contributed by atoms with E-state index in [0.29, 0.717) is 32.8 Å². The molecule has 2 aromatic rings. The Hall–Kier alpha value is -2.77. The molecule has 0 unspecified atom stereocenters. The van der Waals surface area contributed by atoms with Gasteiger partial charge in [0.05, 0.1) is 6.61 Å². The molecule has 4 rings (SSSR count). The molecule has 0 bridgehead atoms. The molecule has 0 saturated carbocycles. The third-order valence-electron chi connectivity index (χ3n) is 6.25. The maximum absolute atomic E-state index is 12.9. The molecule has 0 aliphatic carbocycles. The Labute approximate surface area is 190 Å². The van der Waals surface area contributed by atoms with E-state index in [1.54, 1.807) is 17.3 Å². The van der Waals surface area contributed by atoms with Crippen LogP contribution in [0.1, 0.15) is 34.3 Å². The van der Waals surface area contributed by atoms with Crippen molar-refractivity contribution in [2.24, 2.45) is 0 Å². The van der Waals surface area contributed by atoms with Crippen LogP contribution in [0.5, 0.6) is 0 Å². The summed E-state index contributed by atoms with van der Waals surface area (Å²) in [5, 5.41) is 0. The van der Waals surface area contributed by atoms with Crippen molar-refractivity contribution in [3.63, 3.8) is 0 Å². The Balaban J connectivity index is 1.18. The van der Waals surface area contributed by atoms with Gasteiger partial charge in [0, 0.05) is 50.7 Å². The smallest absolute Gasteiger partial charge is 0.253 e. The second kappa shape index (κ2) is 11.2. The lowest BCUT2D eigenvalue weighted by Crippen LogP contribution is -2.51. The van der Waals surface area contributed by atoms with Crippen LogP contribution in [-0.4, -0.2) is 83.9 Å². The van der Waals surface area contributed by atoms with Gasteiger partial charge in [-0.2, -0.15) is 0 Å². The van der Waals surface area contributed by atoms with E-state index in [0.717, 1.165) is 24.1 Å². The van der Waals surface area contributed by atoms with E-state index in [-0.39, 0.29) is 18.4 Å². The molecule has 1 aromatic carbocycles. The summed E-state index contributed by atoms with van der Waals surface area (Å²) in [5.41, 5.74) is 2.93. The zero-order valence-electron chi connectivity index (χ0n) is 18.6. The zero-order chi connectivity index (χ0) is 22.2. The Morgan fingerprint density at radius 1 is 0.875 bits per heavy atom. The van der Waals surface area contributed by atoms with Crippen molar-refractivity contribution in [1.29, 1.82) is 0 Å². The SMILES string of the molecule is O=C(COCc1cccnc1)N1CCN(C(=O)c2ccc(CCN3CCCC3)cc2)CC1. The van der Waals surface area contributed by atoms with Crippen LogP contribution in [0.4, 0.5) is 0 Å². The fourth-order valence-electron chi connectivity index (χ4n) is 4.28. The molecule has 2 saturated heterocycles. The highest BCUT2D eigenvalue weighted by molar-refractivity contribution is 5.94. The van der Waals surface area contributed by atoms with Crippen molar-refractivity contribution >= 4 is 11.8 Å². The summed E-state index contributed by atoms with van der Waals surface area (Å²) < 4.78 is 5.53. The Morgan fingerprint density at radius 2 is 1.59 bits per heavy atom. The van der Waals surface area contributed by atoms with Gasteiger partial charge in [-0.1, -0.05) is 18.2 Å². The van der Waals surface area contributed by atoms with E-state index in [1.165, 1.54) is 31.5 Å². The molecule has 1 aromatic heterocycles. The molecule has 0 atom stereocenters. The number of carbonyl (C=O) groups excluding carboxylic acids is 2. The molecule has 2 fully saturated rings. The summed E-state index contributed by atoms with van der Waals surface area (Å²) >= 11 is 0. The number of amides is 2. The van der Waals surface area contributed by atoms with Crippen LogP contribution in [0, 0.1) is 0 Å². The van der Waals surface area contributed by atoms with Crippen LogP contribution in [0.3, 0.4) is 0 Å². The molecule has 2 amide bonds. The number of aromatic nitrogens is 1. The molecule has 170 valence electrons. The fraction of sp³-hybridized carbons (Fsp3) is 0.480. The highest BCUT2D eigenvalue weighted by Gasteiger charge is 2.25. The molecular weight excluding hydrogens is 404 g/mol. The maximum atomic E-state index is 12.9. The first-order chi connectivity index (χ1) is 15.7. The van der Waals surface area contributed by atoms with Gasteiger partial charge in [-0.25, -0.2) is 0 Å². The van der Waals surface area contributed by atoms with Crippen molar-refractivity contribution in [2.75, 3.05) is 52.4 Å². The van der Waals surface area contributed by atoms with Crippen molar-refractivity contribution in [3.05, 3.63) is 65.5 Å². The minimum atomic E-state index is -0.0386. The first-order valence-corrected chi connectivity index (χ1v) is 11.5. The number of pyridine rings is 1. The first-order valence-electron chi connectivity index (χ1n) is 11.5. The predicted octanol–water partition coefficient (Wildman–Crippen LogP) is 2.22. The van der Waals surface area contributed by atoms with E-state index in [9.17, 15) is 9.59 Å². The largest absolute Gasteiger partial charge is 0.367 e. The fourth-order valence-corrected chi connectivity index (χ4v) is 4.28. The van der Waals surface area contributed by atoms with Gasteiger partial charge >= 0.3 is 0 Å². The van der Waals surface area contributed by atoms with Gasteiger partial charge in [0.1, 0.15) is 6.61 Å². The lowest BCUT2D eigenvalue weighted by atomic mass is 10.1. The average Bonchev–Trinajstić information content (AvgIpc) is 3.37. The number of hydrogen-bond donors (Lipinski definition) is 0. The topological polar surface area (TPSA) is 66.0 Å². The number of piperazine rings is 1. The van der Waals surface area contributed by atoms with Crippen LogP contribution in [0.25, 0.3) is 0 Å². The molecule has 3 heterocycles. The van der Waals surface area contributed by atoms with Crippen molar-refractivity contribution in [3.8, 4) is 0 Å². The Bertz CT molecular complexity index is 874. The van der Waals surface area contributed by atoms with Gasteiger partial charge in [-0.15, -0.1) is 0 Å². The van der Waals surface area contributed by atoms with Gasteiger partial charge < -0.3 is 19.4 Å². The molecule has 2 aliphatic heterocycles. The standard InChI is InChI=1S/C25H32N4O3/c30-24(20-32-19-22-4-3-10-26-18-22)28-14-16-29(17-15-28)25(31)23-7-5-21(6-8-23)9-13-27-11-1-2-12-27/h3-8,10,18H,1-2,9,11-17,19-20H2. The zero-order valence-corrected chi connectivity index (χ0v) is 18.6. The predicted molar refractivity (Wildman–Crippen MR) is 122 cm³/mol. The van der Waals surface area contributed by atoms with Gasteiger partial charge in [0.15, 0.2) is 0 Å². The van der Waals surface area contributed by atoms with Crippen LogP contribution < -0.4 is 0 Å². The third kappa shape index (κ3) is 6.14. The monoisotopic (exact) mass is 436 g/mol. The molecule has 7 nitrogen and oxygen atoms in total. The summed E-state index contributed by atoms with van der Waals surface area (Å²) in [4.78, 5) is 35.4. The minimum Gasteiger partial charge on any atom is -0.367 e. The van der Waals surface area contributed by atoms with Gasteiger partial charge in [-0.05, 0) is 61.7 Å². The second-order valence-electron chi connectivity index (χ2n) is 8.52. The number of hydrogen-bond acceptors (Lipinski definition) is 5. The number of benzene rings is 1. The van der Waals surface area contributed by atoms with E-state index in [1.807, 2.05) is 29.2 Å². The van der Waals surface area contributed by atoms with Crippen molar-refractivity contribution < 1.29 is 14.3 Å². The van der Waals surface area contributed by atoms with Gasteiger partial charge in [-0.3, -0.25) is 14.6 Å². The lowest BCUT2D eigenvalue weighted by Gasteiger charge is -2.34. The normalized spacial score (nSPS) is 17.0. The number of ether oxygens (including phenoxy) is 1. The molecule has 32 heavy (non-hydrogen) atoms. The quantitative estimate of drug-likeness (QED) is 0.635. The third-order valence-corrected chi connectivity index (χ3v) is 6.25. The highest BCUT2D eigenvalue weighted by atomic mass is 16.5. The van der Waals surface area contributed by atoms with Crippen LogP contribution in [0.2, 0.25) is 0 Å². The number of likely N-dealkylation sites (tertiary alicyclic amines) is 1. The number of nitrogens with zero attached hydrogens (tertiary/aromatic N) is 4. The van der Waals surface area contributed by atoms with Crippen LogP contribution in [-0.2, 0) is 22.6 Å². The second-order valence-corrected chi connectivity index (χ2v) is 8.52. The lowest BCUT2D eigenvalue weighted by molar-refractivity contribution is -0.138. The molecule has 2 aliphatic rings. The van der Waals surface area contributed by atoms with Crippen LogP contribution >= 0.6 is 0 Å². The summed E-state index contributed by atoms with van der Waals surface area (Å²) in [6.45, 7) is 6.09. The Kier molecular flexibility index (Phi) is 7.85. The first kappa shape index (κ1) is 22.4. The summed E-state index contributed by atoms with van der Waals surface area (Å²) in [7, 11) is 0. The van der Waals surface area contributed by atoms with Crippen molar-refractivity contribution in [1.82, 2.24) is 19.7 Å². The molecular formula is C25H32N4O3. The molecule has 0 radical (unpaired) electrons. The van der Waals surface area contributed by atoms with Crippen LogP contribution in [0.15, 0.2) is 48.8 Å². The molecule has 0 spiro atoms. The summed E-state index contributed by atoms with van der Waals surface area (Å²) in [5.74, 6) is -0.000589. The number of carbonyl (C=O) groups is 2.